The van der Waals surface area contributed by atoms with Crippen molar-refractivity contribution in [2.24, 2.45) is 0 Å². The number of imidazole rings is 1. The predicted octanol–water partition coefficient (Wildman–Crippen LogP) is 3.89. The van der Waals surface area contributed by atoms with Crippen molar-refractivity contribution in [2.45, 2.75) is 39.7 Å². The van der Waals surface area contributed by atoms with Crippen LogP contribution in [-0.2, 0) is 11.3 Å². The third kappa shape index (κ3) is 2.38. The van der Waals surface area contributed by atoms with Gasteiger partial charge in [0.1, 0.15) is 5.65 Å². The van der Waals surface area contributed by atoms with E-state index < -0.39 is 0 Å². The number of pyridine rings is 1. The fourth-order valence-electron chi connectivity index (χ4n) is 4.31. The molecule has 27 heavy (non-hydrogen) atoms. The van der Waals surface area contributed by atoms with Crippen LogP contribution in [0.2, 0.25) is 0 Å². The molecule has 3 aromatic heterocycles. The van der Waals surface area contributed by atoms with Crippen LogP contribution < -0.4 is 5.32 Å². The molecule has 0 unspecified atom stereocenters. The highest BCUT2D eigenvalue weighted by molar-refractivity contribution is 5.89. The van der Waals surface area contributed by atoms with Crippen molar-refractivity contribution < 1.29 is 4.79 Å². The Balaban J connectivity index is 1.82. The summed E-state index contributed by atoms with van der Waals surface area (Å²) in [5.41, 5.74) is 8.89. The number of aromatic nitrogens is 3. The molecule has 1 aliphatic rings. The van der Waals surface area contributed by atoms with Gasteiger partial charge >= 0.3 is 0 Å². The van der Waals surface area contributed by atoms with Crippen LogP contribution in [0, 0.1) is 20.8 Å². The maximum absolute atomic E-state index is 12.5. The average molecular weight is 358 g/mol. The van der Waals surface area contributed by atoms with Crippen LogP contribution >= 0.6 is 0 Å². The number of H-pyrrole nitrogens is 1. The van der Waals surface area contributed by atoms with Gasteiger partial charge < -0.3 is 14.7 Å². The summed E-state index contributed by atoms with van der Waals surface area (Å²) in [6.07, 6.45) is 2.54. The van der Waals surface area contributed by atoms with E-state index in [4.69, 9.17) is 4.98 Å². The Bertz CT molecular complexity index is 1210. The quantitative estimate of drug-likeness (QED) is 0.542. The molecule has 0 fully saturated rings. The Kier molecular flexibility index (Phi) is 3.41. The number of hydrogen-bond acceptors (Lipinski definition) is 2. The molecule has 1 amide bonds. The zero-order chi connectivity index (χ0) is 18.7. The van der Waals surface area contributed by atoms with E-state index in [1.54, 1.807) is 0 Å². The van der Waals surface area contributed by atoms with Crippen LogP contribution in [0.3, 0.4) is 0 Å². The minimum atomic E-state index is -0.0413. The van der Waals surface area contributed by atoms with E-state index in [1.165, 1.54) is 22.2 Å². The van der Waals surface area contributed by atoms with Crippen LogP contribution in [0.5, 0.6) is 0 Å². The number of fused-ring (bicyclic) bond motifs is 4. The van der Waals surface area contributed by atoms with Crippen LogP contribution in [0.25, 0.3) is 16.6 Å². The first-order chi connectivity index (χ1) is 13.0. The number of nitrogens with zero attached hydrogens (tertiary/aromatic N) is 2. The summed E-state index contributed by atoms with van der Waals surface area (Å²) in [6.45, 7) is 6.80. The molecule has 1 aromatic carbocycles. The molecule has 5 rings (SSSR count). The second kappa shape index (κ2) is 5.71. The summed E-state index contributed by atoms with van der Waals surface area (Å²) in [4.78, 5) is 20.8. The van der Waals surface area contributed by atoms with Crippen LogP contribution in [0.1, 0.15) is 46.1 Å². The SMILES string of the molecule is Cc1ccc2nc3c(n2c1)[C@@H](c1cccc2c(C)c(C)[nH]c12)CC(=O)NC3. The first-order valence-corrected chi connectivity index (χ1v) is 9.35. The topological polar surface area (TPSA) is 62.2 Å². The lowest BCUT2D eigenvalue weighted by atomic mass is 9.90. The smallest absolute Gasteiger partial charge is 0.221 e. The Morgan fingerprint density at radius 2 is 2.00 bits per heavy atom. The molecule has 5 nitrogen and oxygen atoms in total. The summed E-state index contributed by atoms with van der Waals surface area (Å²) in [5.74, 6) is 0.0249. The fraction of sp³-hybridized carbons (Fsp3) is 0.273. The predicted molar refractivity (Wildman–Crippen MR) is 106 cm³/mol. The fourth-order valence-corrected chi connectivity index (χ4v) is 4.31. The van der Waals surface area contributed by atoms with Gasteiger partial charge in [-0.1, -0.05) is 24.3 Å². The zero-order valence-electron chi connectivity index (χ0n) is 15.8. The summed E-state index contributed by atoms with van der Waals surface area (Å²) in [7, 11) is 0. The van der Waals surface area contributed by atoms with Crippen LogP contribution in [-0.4, -0.2) is 20.3 Å². The van der Waals surface area contributed by atoms with Crippen molar-refractivity contribution in [1.82, 2.24) is 19.7 Å². The summed E-state index contributed by atoms with van der Waals surface area (Å²) in [6, 6.07) is 10.5. The van der Waals surface area contributed by atoms with E-state index in [1.807, 2.05) is 6.07 Å². The number of hydrogen-bond donors (Lipinski definition) is 2. The largest absolute Gasteiger partial charge is 0.358 e. The first-order valence-electron chi connectivity index (χ1n) is 9.35. The minimum absolute atomic E-state index is 0.0413. The lowest BCUT2D eigenvalue weighted by Gasteiger charge is -2.17. The van der Waals surface area contributed by atoms with Crippen molar-refractivity contribution >= 4 is 22.5 Å². The average Bonchev–Trinajstić information content (AvgIpc) is 3.09. The number of para-hydroxylation sites is 1. The van der Waals surface area contributed by atoms with Crippen LogP contribution in [0.4, 0.5) is 0 Å². The number of aryl methyl sites for hydroxylation is 3. The van der Waals surface area contributed by atoms with Gasteiger partial charge in [0, 0.05) is 35.1 Å². The molecule has 0 saturated heterocycles. The van der Waals surface area contributed by atoms with Crippen molar-refractivity contribution in [2.75, 3.05) is 0 Å². The van der Waals surface area contributed by atoms with Gasteiger partial charge in [0.15, 0.2) is 0 Å². The molecule has 136 valence electrons. The standard InChI is InChI=1S/C22H22N4O/c1-12-7-8-19-25-18-10-23-20(27)9-17(22(18)26(19)11-12)16-6-4-5-15-13(2)14(3)24-21(15)16/h4-8,11,17,24H,9-10H2,1-3H3,(H,23,27)/t17-/m1/s1. The minimum Gasteiger partial charge on any atom is -0.358 e. The van der Waals surface area contributed by atoms with E-state index in [9.17, 15) is 4.79 Å². The van der Waals surface area contributed by atoms with E-state index in [0.717, 1.165) is 28.1 Å². The molecule has 0 saturated carbocycles. The molecular weight excluding hydrogens is 336 g/mol. The number of nitrogens with one attached hydrogen (secondary N) is 2. The van der Waals surface area contributed by atoms with Crippen molar-refractivity contribution in [3.63, 3.8) is 0 Å². The van der Waals surface area contributed by atoms with Crippen molar-refractivity contribution in [3.8, 4) is 0 Å². The molecule has 1 aliphatic heterocycles. The molecule has 0 bridgehead atoms. The Labute approximate surface area is 157 Å². The highest BCUT2D eigenvalue weighted by Gasteiger charge is 2.30. The highest BCUT2D eigenvalue weighted by Crippen LogP contribution is 2.37. The maximum atomic E-state index is 12.5. The van der Waals surface area contributed by atoms with Gasteiger partial charge in [-0.05, 0) is 43.5 Å². The third-order valence-corrected chi connectivity index (χ3v) is 5.80. The Morgan fingerprint density at radius 1 is 1.15 bits per heavy atom. The molecule has 0 aliphatic carbocycles. The molecule has 0 radical (unpaired) electrons. The molecular formula is C22H22N4O. The van der Waals surface area contributed by atoms with Crippen LogP contribution in [0.15, 0.2) is 36.5 Å². The third-order valence-electron chi connectivity index (χ3n) is 5.80. The van der Waals surface area contributed by atoms with Gasteiger partial charge in [-0.2, -0.15) is 0 Å². The zero-order valence-corrected chi connectivity index (χ0v) is 15.8. The molecule has 0 spiro atoms. The number of benzene rings is 1. The number of carbonyl (C=O) groups is 1. The lowest BCUT2D eigenvalue weighted by Crippen LogP contribution is -2.21. The Hall–Kier alpha value is -3.08. The highest BCUT2D eigenvalue weighted by atomic mass is 16.1. The Morgan fingerprint density at radius 3 is 2.85 bits per heavy atom. The molecule has 5 heteroatoms. The van der Waals surface area contributed by atoms with Gasteiger partial charge in [-0.15, -0.1) is 0 Å². The van der Waals surface area contributed by atoms with Gasteiger partial charge in [-0.3, -0.25) is 4.79 Å². The lowest BCUT2D eigenvalue weighted by molar-refractivity contribution is -0.121. The molecule has 1 atom stereocenters. The van der Waals surface area contributed by atoms with Crippen molar-refractivity contribution in [3.05, 3.63) is 70.3 Å². The maximum Gasteiger partial charge on any atom is 0.221 e. The monoisotopic (exact) mass is 358 g/mol. The second-order valence-corrected chi connectivity index (χ2v) is 7.56. The van der Waals surface area contributed by atoms with Gasteiger partial charge in [0.2, 0.25) is 5.91 Å². The molecule has 2 N–H and O–H groups in total. The number of aromatic amines is 1. The van der Waals surface area contributed by atoms with E-state index in [0.29, 0.717) is 13.0 Å². The van der Waals surface area contributed by atoms with Gasteiger partial charge in [-0.25, -0.2) is 4.98 Å². The number of rotatable bonds is 1. The summed E-state index contributed by atoms with van der Waals surface area (Å²) in [5, 5.41) is 4.24. The normalized spacial score (nSPS) is 17.1. The van der Waals surface area contributed by atoms with Crippen molar-refractivity contribution in [1.29, 1.82) is 0 Å². The molecule has 4 heterocycles. The van der Waals surface area contributed by atoms with Gasteiger partial charge in [0.05, 0.1) is 17.9 Å². The second-order valence-electron chi connectivity index (χ2n) is 7.56. The number of amides is 1. The van der Waals surface area contributed by atoms with Gasteiger partial charge in [0.25, 0.3) is 0 Å². The van der Waals surface area contributed by atoms with E-state index >= 15 is 0 Å². The molecule has 4 aromatic rings. The summed E-state index contributed by atoms with van der Waals surface area (Å²) >= 11 is 0. The number of carbonyl (C=O) groups excluding carboxylic acids is 1. The van der Waals surface area contributed by atoms with E-state index in [-0.39, 0.29) is 11.8 Å². The van der Waals surface area contributed by atoms with E-state index in [2.05, 4.69) is 65.9 Å². The first kappa shape index (κ1) is 16.1. The summed E-state index contributed by atoms with van der Waals surface area (Å²) < 4.78 is 2.16.